The van der Waals surface area contributed by atoms with Crippen molar-refractivity contribution in [2.75, 3.05) is 5.32 Å². The molecule has 0 aliphatic carbocycles. The summed E-state index contributed by atoms with van der Waals surface area (Å²) in [6.07, 6.45) is 0. The fourth-order valence-corrected chi connectivity index (χ4v) is 3.34. The van der Waals surface area contributed by atoms with Crippen molar-refractivity contribution < 1.29 is 8.81 Å². The second-order valence-corrected chi connectivity index (χ2v) is 7.25. The van der Waals surface area contributed by atoms with Gasteiger partial charge >= 0.3 is 0 Å². The van der Waals surface area contributed by atoms with Crippen LogP contribution in [0.2, 0.25) is 5.02 Å². The predicted molar refractivity (Wildman–Crippen MR) is 117 cm³/mol. The molecule has 0 aliphatic heterocycles. The number of nitrogens with one attached hydrogen (secondary N) is 1. The third-order valence-corrected chi connectivity index (χ3v) is 4.90. The molecule has 31 heavy (non-hydrogen) atoms. The number of fused-ring (bicyclic) bond motifs is 1. The lowest BCUT2D eigenvalue weighted by atomic mass is 10.2. The average molecular weight is 432 g/mol. The minimum Gasteiger partial charge on any atom is -0.413 e. The van der Waals surface area contributed by atoms with Crippen LogP contribution in [0.1, 0.15) is 5.56 Å². The Labute approximate surface area is 181 Å². The van der Waals surface area contributed by atoms with E-state index in [0.717, 1.165) is 16.5 Å². The van der Waals surface area contributed by atoms with Crippen LogP contribution in [0.15, 0.2) is 77.2 Å². The standard InChI is InChI=1S/C23H15ClFN5O/c24-16-5-3-4-15(12-16)22-29-30-23(31-22)21-27-19-7-2-1-6-18(19)20(28-21)26-13-14-8-10-17(25)11-9-14/h1-12H,13H2,(H,26,27,28). The average Bonchev–Trinajstić information content (AvgIpc) is 3.29. The highest BCUT2D eigenvalue weighted by Crippen LogP contribution is 2.27. The van der Waals surface area contributed by atoms with E-state index >= 15 is 0 Å². The molecule has 0 amide bonds. The summed E-state index contributed by atoms with van der Waals surface area (Å²) in [6, 6.07) is 21.1. The maximum atomic E-state index is 13.2. The zero-order chi connectivity index (χ0) is 21.2. The van der Waals surface area contributed by atoms with E-state index in [1.807, 2.05) is 36.4 Å². The van der Waals surface area contributed by atoms with Gasteiger partial charge in [-0.1, -0.05) is 41.9 Å². The highest BCUT2D eigenvalue weighted by atomic mass is 35.5. The second-order valence-electron chi connectivity index (χ2n) is 6.82. The van der Waals surface area contributed by atoms with E-state index in [-0.39, 0.29) is 11.7 Å². The summed E-state index contributed by atoms with van der Waals surface area (Å²) in [4.78, 5) is 9.18. The molecule has 6 nitrogen and oxygen atoms in total. The Bertz CT molecular complexity index is 1370. The summed E-state index contributed by atoms with van der Waals surface area (Å²) in [5, 5.41) is 12.9. The van der Waals surface area contributed by atoms with Crippen molar-refractivity contribution in [3.8, 4) is 23.2 Å². The molecular formula is C23H15ClFN5O. The molecule has 2 aromatic heterocycles. The lowest BCUT2D eigenvalue weighted by Crippen LogP contribution is -2.04. The summed E-state index contributed by atoms with van der Waals surface area (Å²) < 4.78 is 19.0. The number of para-hydroxylation sites is 1. The molecule has 5 rings (SSSR count). The maximum Gasteiger partial charge on any atom is 0.286 e. The molecule has 3 aromatic carbocycles. The van der Waals surface area contributed by atoms with Gasteiger partial charge in [-0.05, 0) is 48.0 Å². The Balaban J connectivity index is 1.50. The lowest BCUT2D eigenvalue weighted by Gasteiger charge is -2.10. The van der Waals surface area contributed by atoms with E-state index < -0.39 is 0 Å². The van der Waals surface area contributed by atoms with Gasteiger partial charge < -0.3 is 9.73 Å². The number of anilines is 1. The van der Waals surface area contributed by atoms with Gasteiger partial charge in [0.25, 0.3) is 5.89 Å². The third kappa shape index (κ3) is 4.08. The normalized spacial score (nSPS) is 11.0. The number of benzene rings is 3. The van der Waals surface area contributed by atoms with Crippen molar-refractivity contribution in [3.05, 3.63) is 89.2 Å². The Kier molecular flexibility index (Phi) is 5.01. The van der Waals surface area contributed by atoms with E-state index in [2.05, 4.69) is 25.5 Å². The van der Waals surface area contributed by atoms with Crippen molar-refractivity contribution in [1.29, 1.82) is 0 Å². The van der Waals surface area contributed by atoms with Crippen LogP contribution < -0.4 is 5.32 Å². The van der Waals surface area contributed by atoms with Crippen LogP contribution in [0.4, 0.5) is 10.2 Å². The quantitative estimate of drug-likeness (QED) is 0.381. The molecule has 0 unspecified atom stereocenters. The number of aromatic nitrogens is 4. The van der Waals surface area contributed by atoms with Crippen molar-refractivity contribution in [3.63, 3.8) is 0 Å². The van der Waals surface area contributed by atoms with Crippen molar-refractivity contribution >= 4 is 28.3 Å². The number of hydrogen-bond acceptors (Lipinski definition) is 6. The summed E-state index contributed by atoms with van der Waals surface area (Å²) in [6.45, 7) is 0.471. The molecule has 0 spiro atoms. The number of halogens is 2. The monoisotopic (exact) mass is 431 g/mol. The zero-order valence-electron chi connectivity index (χ0n) is 16.1. The Morgan fingerprint density at radius 1 is 0.871 bits per heavy atom. The summed E-state index contributed by atoms with van der Waals surface area (Å²) >= 11 is 6.05. The molecule has 8 heteroatoms. The van der Waals surface area contributed by atoms with Gasteiger partial charge in [-0.2, -0.15) is 0 Å². The smallest absolute Gasteiger partial charge is 0.286 e. The Hall–Kier alpha value is -3.84. The fraction of sp³-hybridized carbons (Fsp3) is 0.0435. The molecule has 0 atom stereocenters. The maximum absolute atomic E-state index is 13.2. The lowest BCUT2D eigenvalue weighted by molar-refractivity contribution is 0.579. The predicted octanol–water partition coefficient (Wildman–Crippen LogP) is 5.75. The van der Waals surface area contributed by atoms with E-state index in [1.165, 1.54) is 12.1 Å². The Morgan fingerprint density at radius 2 is 1.68 bits per heavy atom. The number of rotatable bonds is 5. The fourth-order valence-electron chi connectivity index (χ4n) is 3.15. The molecule has 0 saturated heterocycles. The highest BCUT2D eigenvalue weighted by molar-refractivity contribution is 6.30. The van der Waals surface area contributed by atoms with Crippen LogP contribution in [-0.2, 0) is 6.54 Å². The van der Waals surface area contributed by atoms with Gasteiger partial charge in [0.15, 0.2) is 0 Å². The molecule has 0 fully saturated rings. The van der Waals surface area contributed by atoms with Crippen LogP contribution in [0.25, 0.3) is 34.1 Å². The number of nitrogens with zero attached hydrogens (tertiary/aromatic N) is 4. The van der Waals surface area contributed by atoms with Crippen LogP contribution in [0.5, 0.6) is 0 Å². The molecule has 5 aromatic rings. The first-order valence-corrected chi connectivity index (χ1v) is 9.88. The first-order valence-electron chi connectivity index (χ1n) is 9.51. The van der Waals surface area contributed by atoms with Gasteiger partial charge in [-0.3, -0.25) is 0 Å². The molecule has 2 heterocycles. The minimum absolute atomic E-state index is 0.200. The summed E-state index contributed by atoms with van der Waals surface area (Å²) in [5.74, 6) is 1.18. The van der Waals surface area contributed by atoms with Crippen LogP contribution in [-0.4, -0.2) is 20.2 Å². The van der Waals surface area contributed by atoms with Gasteiger partial charge in [0.1, 0.15) is 11.6 Å². The molecule has 0 aliphatic rings. The highest BCUT2D eigenvalue weighted by Gasteiger charge is 2.16. The van der Waals surface area contributed by atoms with Crippen LogP contribution >= 0.6 is 11.6 Å². The van der Waals surface area contributed by atoms with Gasteiger partial charge in [-0.25, -0.2) is 14.4 Å². The Morgan fingerprint density at radius 3 is 2.52 bits per heavy atom. The van der Waals surface area contributed by atoms with Crippen LogP contribution in [0, 0.1) is 5.82 Å². The van der Waals surface area contributed by atoms with Crippen molar-refractivity contribution in [1.82, 2.24) is 20.2 Å². The van der Waals surface area contributed by atoms with E-state index in [4.69, 9.17) is 16.0 Å². The molecule has 152 valence electrons. The molecular weight excluding hydrogens is 417 g/mol. The van der Waals surface area contributed by atoms with E-state index in [9.17, 15) is 4.39 Å². The number of hydrogen-bond donors (Lipinski definition) is 1. The first-order chi connectivity index (χ1) is 15.2. The van der Waals surface area contributed by atoms with E-state index in [0.29, 0.717) is 34.7 Å². The van der Waals surface area contributed by atoms with Gasteiger partial charge in [0, 0.05) is 22.5 Å². The zero-order valence-corrected chi connectivity index (χ0v) is 16.8. The minimum atomic E-state index is -0.273. The largest absolute Gasteiger partial charge is 0.413 e. The SMILES string of the molecule is Fc1ccc(CNc2nc(-c3nnc(-c4cccc(Cl)c4)o3)nc3ccccc23)cc1. The van der Waals surface area contributed by atoms with Gasteiger partial charge in [0.05, 0.1) is 5.52 Å². The van der Waals surface area contributed by atoms with Gasteiger partial charge in [-0.15, -0.1) is 10.2 Å². The van der Waals surface area contributed by atoms with Gasteiger partial charge in [0.2, 0.25) is 11.7 Å². The third-order valence-electron chi connectivity index (χ3n) is 4.66. The summed E-state index contributed by atoms with van der Waals surface area (Å²) in [5.41, 5.74) is 2.37. The molecule has 1 N–H and O–H groups in total. The molecule has 0 bridgehead atoms. The van der Waals surface area contributed by atoms with Crippen molar-refractivity contribution in [2.24, 2.45) is 0 Å². The van der Waals surface area contributed by atoms with E-state index in [1.54, 1.807) is 24.3 Å². The second kappa shape index (κ2) is 8.12. The summed E-state index contributed by atoms with van der Waals surface area (Å²) in [7, 11) is 0. The van der Waals surface area contributed by atoms with Crippen LogP contribution in [0.3, 0.4) is 0 Å². The van der Waals surface area contributed by atoms with Crippen molar-refractivity contribution in [2.45, 2.75) is 6.54 Å². The molecule has 0 saturated carbocycles. The molecule has 0 radical (unpaired) electrons. The first kappa shape index (κ1) is 19.1. The topological polar surface area (TPSA) is 76.7 Å².